The Bertz CT molecular complexity index is 1120. The van der Waals surface area contributed by atoms with Gasteiger partial charge in [-0.2, -0.15) is 0 Å². The molecule has 1 aliphatic rings. The molecule has 194 valence electrons. The quantitative estimate of drug-likeness (QED) is 0.165. The van der Waals surface area contributed by atoms with Crippen molar-refractivity contribution in [2.45, 2.75) is 58.3 Å². The molecule has 0 aromatic heterocycles. The number of benzene rings is 2. The van der Waals surface area contributed by atoms with Crippen LogP contribution in [-0.2, 0) is 42.0 Å². The van der Waals surface area contributed by atoms with Gasteiger partial charge in [0.25, 0.3) is 0 Å². The Kier molecular flexibility index (Phi) is 8.82. The summed E-state index contributed by atoms with van der Waals surface area (Å²) in [6, 6.07) is 12.2. The summed E-state index contributed by atoms with van der Waals surface area (Å²) in [5, 5.41) is 3.28. The highest BCUT2D eigenvalue weighted by molar-refractivity contribution is 9.08. The van der Waals surface area contributed by atoms with Crippen molar-refractivity contribution in [1.29, 1.82) is 0 Å². The number of nitrogens with one attached hydrogen (secondary N) is 1. The van der Waals surface area contributed by atoms with Gasteiger partial charge in [0.2, 0.25) is 5.54 Å². The van der Waals surface area contributed by atoms with E-state index in [1.807, 2.05) is 39.0 Å². The minimum absolute atomic E-state index is 0.0358. The molecular formula is C28H34BrNO6. The molecule has 0 spiro atoms. The molecule has 0 saturated heterocycles. The third kappa shape index (κ3) is 6.27. The van der Waals surface area contributed by atoms with Crippen LogP contribution >= 0.6 is 15.9 Å². The molecule has 8 heteroatoms. The van der Waals surface area contributed by atoms with Crippen LogP contribution in [0.5, 0.6) is 0 Å². The maximum atomic E-state index is 13.2. The van der Waals surface area contributed by atoms with Crippen molar-refractivity contribution in [3.63, 3.8) is 0 Å². The lowest BCUT2D eigenvalue weighted by Gasteiger charge is -2.30. The average molecular weight is 560 g/mol. The maximum absolute atomic E-state index is 13.2. The first-order valence-corrected chi connectivity index (χ1v) is 13.2. The molecule has 7 nitrogen and oxygen atoms in total. The lowest BCUT2D eigenvalue weighted by molar-refractivity contribution is -0.166. The second kappa shape index (κ2) is 11.5. The molecule has 3 rings (SSSR count). The number of alkyl carbamates (subject to hydrolysis) is 1. The molecule has 2 aromatic carbocycles. The fraction of sp³-hybridized carbons (Fsp3) is 0.464. The number of hydrogen-bond donors (Lipinski definition) is 1. The first-order valence-electron chi connectivity index (χ1n) is 12.1. The van der Waals surface area contributed by atoms with Crippen LogP contribution in [0, 0.1) is 5.41 Å². The number of ether oxygens (including phenoxy) is 3. The summed E-state index contributed by atoms with van der Waals surface area (Å²) in [7, 11) is 0. The van der Waals surface area contributed by atoms with E-state index in [-0.39, 0.29) is 31.7 Å². The second-order valence-electron chi connectivity index (χ2n) is 10.1. The van der Waals surface area contributed by atoms with Crippen molar-refractivity contribution in [3.8, 4) is 11.1 Å². The molecule has 1 N–H and O–H groups in total. The summed E-state index contributed by atoms with van der Waals surface area (Å²) >= 11 is 3.51. The van der Waals surface area contributed by atoms with Gasteiger partial charge >= 0.3 is 18.0 Å². The fourth-order valence-corrected chi connectivity index (χ4v) is 4.54. The Morgan fingerprint density at radius 3 is 1.89 bits per heavy atom. The third-order valence-electron chi connectivity index (χ3n) is 5.83. The van der Waals surface area contributed by atoms with Crippen molar-refractivity contribution < 1.29 is 28.6 Å². The van der Waals surface area contributed by atoms with E-state index in [9.17, 15) is 14.4 Å². The lowest BCUT2D eigenvalue weighted by Crippen LogP contribution is -2.63. The van der Waals surface area contributed by atoms with E-state index in [1.165, 1.54) is 16.7 Å². The summed E-state index contributed by atoms with van der Waals surface area (Å²) in [6.07, 6.45) is -0.278. The Morgan fingerprint density at radius 2 is 1.39 bits per heavy atom. The van der Waals surface area contributed by atoms with E-state index in [2.05, 4.69) is 39.4 Å². The van der Waals surface area contributed by atoms with Gasteiger partial charge in [0.15, 0.2) is 0 Å². The van der Waals surface area contributed by atoms with Crippen LogP contribution in [0.1, 0.15) is 56.9 Å². The van der Waals surface area contributed by atoms with Crippen LogP contribution in [-0.4, -0.2) is 43.4 Å². The SMILES string of the molecule is CCOC(=O)C(Cc1ccc2c(c1)Cc1cc(CBr)ccc1-2)(NC(=O)OCC(C)(C)C)C(=O)OCC. The van der Waals surface area contributed by atoms with Gasteiger partial charge in [-0.25, -0.2) is 14.4 Å². The van der Waals surface area contributed by atoms with E-state index < -0.39 is 23.6 Å². The van der Waals surface area contributed by atoms with E-state index in [0.717, 1.165) is 22.9 Å². The van der Waals surface area contributed by atoms with Gasteiger partial charge in [0, 0.05) is 11.8 Å². The molecule has 0 radical (unpaired) electrons. The number of fused-ring (bicyclic) bond motifs is 3. The van der Waals surface area contributed by atoms with Crippen molar-refractivity contribution in [2.75, 3.05) is 19.8 Å². The van der Waals surface area contributed by atoms with E-state index in [1.54, 1.807) is 13.8 Å². The molecule has 0 atom stereocenters. The monoisotopic (exact) mass is 559 g/mol. The van der Waals surface area contributed by atoms with Crippen molar-refractivity contribution in [3.05, 3.63) is 58.7 Å². The molecule has 0 heterocycles. The lowest BCUT2D eigenvalue weighted by atomic mass is 9.89. The standard InChI is InChI=1S/C28H34BrNO6/c1-6-34-24(31)28(25(32)35-7-2,30-26(33)36-17-27(3,4)5)15-18-8-10-22-20(12-18)14-21-13-19(16-29)9-11-23(21)22/h8-13H,6-7,14-17H2,1-5H3,(H,30,33). The Labute approximate surface area is 221 Å². The molecule has 36 heavy (non-hydrogen) atoms. The average Bonchev–Trinajstić information content (AvgIpc) is 3.18. The number of rotatable bonds is 9. The first-order chi connectivity index (χ1) is 17.0. The van der Waals surface area contributed by atoms with Crippen molar-refractivity contribution >= 4 is 34.0 Å². The molecule has 2 aromatic rings. The van der Waals surface area contributed by atoms with E-state index in [4.69, 9.17) is 14.2 Å². The fourth-order valence-electron chi connectivity index (χ4n) is 4.19. The number of halogens is 1. The topological polar surface area (TPSA) is 90.9 Å². The Hall–Kier alpha value is -2.87. The molecule has 0 fully saturated rings. The number of carbonyl (C=O) groups excluding carboxylic acids is 3. The van der Waals surface area contributed by atoms with Crippen molar-refractivity contribution in [1.82, 2.24) is 5.32 Å². The zero-order valence-electron chi connectivity index (χ0n) is 21.5. The van der Waals surface area contributed by atoms with Gasteiger partial charge < -0.3 is 14.2 Å². The molecule has 0 saturated carbocycles. The number of amides is 1. The summed E-state index contributed by atoms with van der Waals surface area (Å²) in [4.78, 5) is 39.2. The highest BCUT2D eigenvalue weighted by Gasteiger charge is 2.51. The van der Waals surface area contributed by atoms with Crippen molar-refractivity contribution in [2.24, 2.45) is 5.41 Å². The molecule has 1 amide bonds. The molecule has 0 unspecified atom stereocenters. The zero-order valence-corrected chi connectivity index (χ0v) is 23.1. The normalized spacial score (nSPS) is 12.4. The van der Waals surface area contributed by atoms with Gasteiger partial charge in [-0.15, -0.1) is 0 Å². The smallest absolute Gasteiger partial charge is 0.408 e. The van der Waals surface area contributed by atoms with Gasteiger partial charge in [-0.1, -0.05) is 73.1 Å². The molecule has 1 aliphatic carbocycles. The predicted molar refractivity (Wildman–Crippen MR) is 141 cm³/mol. The summed E-state index contributed by atoms with van der Waals surface area (Å²) < 4.78 is 15.8. The van der Waals surface area contributed by atoms with E-state index in [0.29, 0.717) is 5.56 Å². The number of carbonyl (C=O) groups is 3. The largest absolute Gasteiger partial charge is 0.464 e. The van der Waals surface area contributed by atoms with Gasteiger partial charge in [0.1, 0.15) is 0 Å². The number of alkyl halides is 1. The van der Waals surface area contributed by atoms with Crippen LogP contribution in [0.4, 0.5) is 4.79 Å². The highest BCUT2D eigenvalue weighted by atomic mass is 79.9. The summed E-state index contributed by atoms with van der Waals surface area (Å²) in [5.41, 5.74) is 4.12. The van der Waals surface area contributed by atoms with Gasteiger partial charge in [-0.05, 0) is 59.1 Å². The summed E-state index contributed by atoms with van der Waals surface area (Å²) in [6.45, 7) is 9.18. The van der Waals surface area contributed by atoms with Crippen LogP contribution in [0.25, 0.3) is 11.1 Å². The number of esters is 2. The number of hydrogen-bond acceptors (Lipinski definition) is 6. The first kappa shape index (κ1) is 27.7. The van der Waals surface area contributed by atoms with Gasteiger partial charge in [0.05, 0.1) is 19.8 Å². The van der Waals surface area contributed by atoms with E-state index >= 15 is 0 Å². The molecule has 0 bridgehead atoms. The molecule has 0 aliphatic heterocycles. The summed E-state index contributed by atoms with van der Waals surface area (Å²) in [5.74, 6) is -1.77. The van der Waals surface area contributed by atoms with Crippen LogP contribution in [0.2, 0.25) is 0 Å². The second-order valence-corrected chi connectivity index (χ2v) is 10.6. The Balaban J connectivity index is 1.96. The van der Waals surface area contributed by atoms with Gasteiger partial charge in [-0.3, -0.25) is 5.32 Å². The van der Waals surface area contributed by atoms with Crippen LogP contribution in [0.15, 0.2) is 36.4 Å². The zero-order chi connectivity index (χ0) is 26.5. The maximum Gasteiger partial charge on any atom is 0.408 e. The third-order valence-corrected chi connectivity index (χ3v) is 6.48. The highest BCUT2D eigenvalue weighted by Crippen LogP contribution is 2.38. The van der Waals surface area contributed by atoms with Crippen LogP contribution in [0.3, 0.4) is 0 Å². The van der Waals surface area contributed by atoms with Crippen LogP contribution < -0.4 is 5.32 Å². The Morgan fingerprint density at radius 1 is 0.861 bits per heavy atom. The minimum Gasteiger partial charge on any atom is -0.464 e. The molecular weight excluding hydrogens is 526 g/mol. The predicted octanol–water partition coefficient (Wildman–Crippen LogP) is 5.33. The minimum atomic E-state index is -2.08.